The van der Waals surface area contributed by atoms with Gasteiger partial charge in [0.25, 0.3) is 0 Å². The first kappa shape index (κ1) is 12.2. The maximum atomic E-state index is 13.4. The Balaban J connectivity index is 2.61. The molecule has 0 saturated heterocycles. The Kier molecular flexibility index (Phi) is 4.79. The molecule has 0 radical (unpaired) electrons. The van der Waals surface area contributed by atoms with Gasteiger partial charge in [0.05, 0.1) is 0 Å². The van der Waals surface area contributed by atoms with Gasteiger partial charge in [0.2, 0.25) is 0 Å². The van der Waals surface area contributed by atoms with E-state index in [0.29, 0.717) is 12.1 Å². The fraction of sp³-hybridized carbons (Fsp3) is 0.333. The second kappa shape index (κ2) is 5.89. The van der Waals surface area contributed by atoms with Crippen LogP contribution in [0.4, 0.5) is 4.39 Å². The molecule has 82 valence electrons. The lowest BCUT2D eigenvalue weighted by atomic mass is 10.1. The van der Waals surface area contributed by atoms with Gasteiger partial charge in [-0.05, 0) is 25.5 Å². The monoisotopic (exact) mass is 227 g/mol. The van der Waals surface area contributed by atoms with Crippen molar-refractivity contribution in [3.63, 3.8) is 0 Å². The molecule has 0 fully saturated rings. The summed E-state index contributed by atoms with van der Waals surface area (Å²) in [5, 5.41) is 3.20. The van der Waals surface area contributed by atoms with E-state index in [-0.39, 0.29) is 11.9 Å². The molecule has 3 heteroatoms. The molecule has 0 heterocycles. The summed E-state index contributed by atoms with van der Waals surface area (Å²) in [5.74, 6) is -0.176. The number of benzene rings is 1. The van der Waals surface area contributed by atoms with Gasteiger partial charge in [0.15, 0.2) is 0 Å². The molecule has 0 aliphatic rings. The van der Waals surface area contributed by atoms with Crippen molar-refractivity contribution in [3.05, 3.63) is 46.8 Å². The van der Waals surface area contributed by atoms with Gasteiger partial charge in [0.1, 0.15) is 5.82 Å². The molecule has 1 atom stereocenters. The Morgan fingerprint density at radius 1 is 1.53 bits per heavy atom. The van der Waals surface area contributed by atoms with Gasteiger partial charge in [-0.15, -0.1) is 0 Å². The van der Waals surface area contributed by atoms with Gasteiger partial charge in [-0.25, -0.2) is 4.39 Å². The van der Waals surface area contributed by atoms with Crippen LogP contribution >= 0.6 is 11.6 Å². The smallest absolute Gasteiger partial charge is 0.127 e. The van der Waals surface area contributed by atoms with E-state index in [1.165, 1.54) is 11.6 Å². The molecule has 1 rings (SSSR count). The van der Waals surface area contributed by atoms with Crippen molar-refractivity contribution < 1.29 is 4.39 Å². The van der Waals surface area contributed by atoms with Gasteiger partial charge >= 0.3 is 0 Å². The van der Waals surface area contributed by atoms with Crippen LogP contribution in [0.15, 0.2) is 35.4 Å². The summed E-state index contributed by atoms with van der Waals surface area (Å²) in [6.45, 7) is 4.52. The molecule has 0 unspecified atom stereocenters. The second-order valence-electron chi connectivity index (χ2n) is 3.58. The zero-order valence-corrected chi connectivity index (χ0v) is 9.68. The summed E-state index contributed by atoms with van der Waals surface area (Å²) in [4.78, 5) is 0. The Labute approximate surface area is 95.0 Å². The maximum absolute atomic E-state index is 13.4. The van der Waals surface area contributed by atoms with Crippen LogP contribution in [0.2, 0.25) is 0 Å². The molecule has 1 aromatic rings. The number of nitrogens with one attached hydrogen (secondary N) is 1. The van der Waals surface area contributed by atoms with Crippen molar-refractivity contribution in [1.29, 1.82) is 0 Å². The highest BCUT2D eigenvalue weighted by Gasteiger charge is 2.08. The van der Waals surface area contributed by atoms with Gasteiger partial charge in [-0.3, -0.25) is 0 Å². The van der Waals surface area contributed by atoms with E-state index < -0.39 is 0 Å². The molecule has 0 bridgehead atoms. The standard InChI is InChI=1S/C12H15ClFN/c1-9(7-13)8-15-10(2)11-5-3-4-6-12(11)14/h3-7,10,15H,8H2,1-2H3/b9-7+/t10-/m1/s1. The van der Waals surface area contributed by atoms with E-state index in [1.54, 1.807) is 12.1 Å². The fourth-order valence-corrected chi connectivity index (χ4v) is 1.37. The van der Waals surface area contributed by atoms with Crippen LogP contribution in [-0.4, -0.2) is 6.54 Å². The summed E-state index contributed by atoms with van der Waals surface area (Å²) >= 11 is 5.54. The quantitative estimate of drug-likeness (QED) is 0.829. The largest absolute Gasteiger partial charge is 0.306 e. The fourth-order valence-electron chi connectivity index (χ4n) is 1.29. The van der Waals surface area contributed by atoms with Crippen molar-refractivity contribution in [2.75, 3.05) is 6.54 Å². The molecule has 0 saturated carbocycles. The SMILES string of the molecule is C/C(=C\Cl)CN[C@H](C)c1ccccc1F. The van der Waals surface area contributed by atoms with E-state index >= 15 is 0 Å². The van der Waals surface area contributed by atoms with Crippen LogP contribution in [0.25, 0.3) is 0 Å². The molecule has 0 amide bonds. The van der Waals surface area contributed by atoms with Crippen LogP contribution in [0.5, 0.6) is 0 Å². The lowest BCUT2D eigenvalue weighted by Gasteiger charge is -2.14. The van der Waals surface area contributed by atoms with Gasteiger partial charge in [-0.2, -0.15) is 0 Å². The minimum absolute atomic E-state index is 0.0160. The lowest BCUT2D eigenvalue weighted by Crippen LogP contribution is -2.21. The molecule has 0 aliphatic carbocycles. The van der Waals surface area contributed by atoms with Crippen molar-refractivity contribution in [3.8, 4) is 0 Å². The third-order valence-electron chi connectivity index (χ3n) is 2.25. The molecule has 15 heavy (non-hydrogen) atoms. The number of hydrogen-bond donors (Lipinski definition) is 1. The van der Waals surface area contributed by atoms with Crippen molar-refractivity contribution in [2.45, 2.75) is 19.9 Å². The first-order valence-electron chi connectivity index (χ1n) is 4.89. The highest BCUT2D eigenvalue weighted by Crippen LogP contribution is 2.15. The Bertz CT molecular complexity index is 349. The second-order valence-corrected chi connectivity index (χ2v) is 3.80. The summed E-state index contributed by atoms with van der Waals surface area (Å²) in [5.41, 5.74) is 3.24. The minimum Gasteiger partial charge on any atom is -0.306 e. The summed E-state index contributed by atoms with van der Waals surface area (Å²) in [7, 11) is 0. The van der Waals surface area contributed by atoms with Crippen molar-refractivity contribution >= 4 is 11.6 Å². The molecular formula is C12H15ClFN. The van der Waals surface area contributed by atoms with Gasteiger partial charge < -0.3 is 5.32 Å². The van der Waals surface area contributed by atoms with Gasteiger partial charge in [-0.1, -0.05) is 29.8 Å². The predicted octanol–water partition coefficient (Wildman–Crippen LogP) is 3.62. The Hall–Kier alpha value is -0.860. The normalized spacial score (nSPS) is 14.0. The van der Waals surface area contributed by atoms with E-state index in [1.807, 2.05) is 19.9 Å². The average molecular weight is 228 g/mol. The van der Waals surface area contributed by atoms with E-state index in [9.17, 15) is 4.39 Å². The van der Waals surface area contributed by atoms with Crippen LogP contribution in [0.1, 0.15) is 25.5 Å². The van der Waals surface area contributed by atoms with Crippen LogP contribution in [-0.2, 0) is 0 Å². The van der Waals surface area contributed by atoms with Crippen LogP contribution < -0.4 is 5.32 Å². The van der Waals surface area contributed by atoms with Crippen molar-refractivity contribution in [1.82, 2.24) is 5.32 Å². The molecule has 1 aromatic carbocycles. The number of rotatable bonds is 4. The van der Waals surface area contributed by atoms with E-state index in [2.05, 4.69) is 5.32 Å². The minimum atomic E-state index is -0.176. The third kappa shape index (κ3) is 3.65. The number of halogens is 2. The lowest BCUT2D eigenvalue weighted by molar-refractivity contribution is 0.545. The third-order valence-corrected chi connectivity index (χ3v) is 2.62. The van der Waals surface area contributed by atoms with Crippen LogP contribution in [0.3, 0.4) is 0 Å². The summed E-state index contributed by atoms with van der Waals surface area (Å²) in [6, 6.07) is 6.76. The average Bonchev–Trinajstić information content (AvgIpc) is 2.26. The highest BCUT2D eigenvalue weighted by molar-refractivity contribution is 6.25. The summed E-state index contributed by atoms with van der Waals surface area (Å²) < 4.78 is 13.4. The molecule has 1 N–H and O–H groups in total. The van der Waals surface area contributed by atoms with E-state index in [4.69, 9.17) is 11.6 Å². The van der Waals surface area contributed by atoms with E-state index in [0.717, 1.165) is 5.57 Å². The molecule has 0 aromatic heterocycles. The number of hydrogen-bond acceptors (Lipinski definition) is 1. The first-order chi connectivity index (χ1) is 7.15. The summed E-state index contributed by atoms with van der Waals surface area (Å²) in [6.07, 6.45) is 0. The zero-order valence-electron chi connectivity index (χ0n) is 8.93. The molecule has 1 nitrogen and oxygen atoms in total. The molecule has 0 aliphatic heterocycles. The topological polar surface area (TPSA) is 12.0 Å². The van der Waals surface area contributed by atoms with Crippen molar-refractivity contribution in [2.24, 2.45) is 0 Å². The maximum Gasteiger partial charge on any atom is 0.127 e. The van der Waals surface area contributed by atoms with Crippen LogP contribution in [0, 0.1) is 5.82 Å². The predicted molar refractivity (Wildman–Crippen MR) is 62.4 cm³/mol. The Morgan fingerprint density at radius 2 is 2.20 bits per heavy atom. The molecule has 0 spiro atoms. The first-order valence-corrected chi connectivity index (χ1v) is 5.32. The molecular weight excluding hydrogens is 213 g/mol. The zero-order chi connectivity index (χ0) is 11.3. The van der Waals surface area contributed by atoms with Gasteiger partial charge in [0, 0.05) is 23.7 Å². The highest BCUT2D eigenvalue weighted by atomic mass is 35.5. The Morgan fingerprint density at radius 3 is 2.80 bits per heavy atom.